The number of fused-ring (bicyclic) bond motifs is 2. The van der Waals surface area contributed by atoms with Crippen LogP contribution in [0.25, 0.3) is 32.7 Å². The smallest absolute Gasteiger partial charge is 0.0217 e. The number of hydrogen-bond acceptors (Lipinski definition) is 0. The van der Waals surface area contributed by atoms with Gasteiger partial charge in [-0.25, -0.2) is 0 Å². The topological polar surface area (TPSA) is 0 Å². The fourth-order valence-corrected chi connectivity index (χ4v) is 3.90. The molecule has 0 amide bonds. The van der Waals surface area contributed by atoms with Crippen LogP contribution in [0.2, 0.25) is 0 Å². The van der Waals surface area contributed by atoms with E-state index in [1.807, 2.05) is 0 Å². The van der Waals surface area contributed by atoms with E-state index in [4.69, 9.17) is 0 Å². The highest BCUT2D eigenvalue weighted by Crippen LogP contribution is 2.41. The maximum atomic E-state index is 3.75. The molecule has 0 fully saturated rings. The Balaban J connectivity index is 2.24. The largest absolute Gasteiger partial charge is 0.0616 e. The third-order valence-electron chi connectivity index (χ3n) is 4.63. The first-order valence-corrected chi connectivity index (χ1v) is 8.62. The number of hydrogen-bond donors (Lipinski definition) is 0. The standard InChI is InChI=1S/C22H17Br/c1-14-11-12-16-7-3-5-9-18(16)21(14)22-15(2)20(23)13-17-8-4-6-10-19(17)22/h3-13H,1-2H3. The number of halogens is 1. The molecule has 0 bridgehead atoms. The molecule has 112 valence electrons. The molecular weight excluding hydrogens is 344 g/mol. The minimum atomic E-state index is 1.17. The van der Waals surface area contributed by atoms with Gasteiger partial charge in [-0.15, -0.1) is 0 Å². The molecular formula is C22H17Br. The Morgan fingerprint density at radius 1 is 0.652 bits per heavy atom. The molecule has 0 atom stereocenters. The molecule has 1 heteroatoms. The van der Waals surface area contributed by atoms with Crippen LogP contribution in [0.3, 0.4) is 0 Å². The molecule has 4 aromatic carbocycles. The molecule has 0 spiro atoms. The summed E-state index contributed by atoms with van der Waals surface area (Å²) in [4.78, 5) is 0. The van der Waals surface area contributed by atoms with E-state index in [0.717, 1.165) is 0 Å². The van der Waals surface area contributed by atoms with Crippen molar-refractivity contribution in [2.24, 2.45) is 0 Å². The molecule has 0 N–H and O–H groups in total. The van der Waals surface area contributed by atoms with Gasteiger partial charge in [-0.3, -0.25) is 0 Å². The summed E-state index contributed by atoms with van der Waals surface area (Å²) >= 11 is 3.75. The van der Waals surface area contributed by atoms with Crippen LogP contribution >= 0.6 is 15.9 Å². The van der Waals surface area contributed by atoms with Gasteiger partial charge in [0.2, 0.25) is 0 Å². The van der Waals surface area contributed by atoms with Crippen molar-refractivity contribution in [1.29, 1.82) is 0 Å². The Morgan fingerprint density at radius 2 is 1.26 bits per heavy atom. The summed E-state index contributed by atoms with van der Waals surface area (Å²) in [5.41, 5.74) is 5.29. The van der Waals surface area contributed by atoms with E-state index >= 15 is 0 Å². The molecule has 0 radical (unpaired) electrons. The Labute approximate surface area is 144 Å². The van der Waals surface area contributed by atoms with Crippen molar-refractivity contribution in [1.82, 2.24) is 0 Å². The summed E-state index contributed by atoms with van der Waals surface area (Å²) in [6.45, 7) is 4.41. The van der Waals surface area contributed by atoms with Gasteiger partial charge in [0.15, 0.2) is 0 Å². The normalized spacial score (nSPS) is 11.3. The van der Waals surface area contributed by atoms with Crippen LogP contribution in [0.1, 0.15) is 11.1 Å². The molecule has 4 aromatic rings. The summed E-state index contributed by atoms with van der Waals surface area (Å²) in [5, 5.41) is 5.19. The van der Waals surface area contributed by atoms with Crippen LogP contribution in [-0.2, 0) is 0 Å². The van der Waals surface area contributed by atoms with Gasteiger partial charge in [-0.05, 0) is 63.7 Å². The van der Waals surface area contributed by atoms with E-state index < -0.39 is 0 Å². The minimum absolute atomic E-state index is 1.17. The molecule has 0 aromatic heterocycles. The summed E-state index contributed by atoms with van der Waals surface area (Å²) in [5.74, 6) is 0. The van der Waals surface area contributed by atoms with Crippen molar-refractivity contribution in [2.45, 2.75) is 13.8 Å². The minimum Gasteiger partial charge on any atom is -0.0616 e. The maximum Gasteiger partial charge on any atom is 0.0217 e. The van der Waals surface area contributed by atoms with Gasteiger partial charge in [-0.2, -0.15) is 0 Å². The third kappa shape index (κ3) is 2.27. The highest BCUT2D eigenvalue weighted by atomic mass is 79.9. The molecule has 0 saturated heterocycles. The highest BCUT2D eigenvalue weighted by Gasteiger charge is 2.15. The number of rotatable bonds is 1. The van der Waals surface area contributed by atoms with Gasteiger partial charge in [0, 0.05) is 4.47 Å². The lowest BCUT2D eigenvalue weighted by Crippen LogP contribution is -1.92. The zero-order chi connectivity index (χ0) is 16.0. The lowest BCUT2D eigenvalue weighted by molar-refractivity contribution is 1.42. The second-order valence-corrected chi connectivity index (χ2v) is 6.91. The fraction of sp³-hybridized carbons (Fsp3) is 0.0909. The van der Waals surface area contributed by atoms with Crippen LogP contribution in [0.15, 0.2) is 71.2 Å². The quantitative estimate of drug-likeness (QED) is 0.341. The number of aryl methyl sites for hydroxylation is 1. The summed E-state index contributed by atoms with van der Waals surface area (Å²) < 4.78 is 1.17. The van der Waals surface area contributed by atoms with E-state index in [-0.39, 0.29) is 0 Å². The van der Waals surface area contributed by atoms with Gasteiger partial charge >= 0.3 is 0 Å². The van der Waals surface area contributed by atoms with Crippen molar-refractivity contribution < 1.29 is 0 Å². The van der Waals surface area contributed by atoms with Gasteiger partial charge in [0.25, 0.3) is 0 Å². The van der Waals surface area contributed by atoms with Crippen molar-refractivity contribution >= 4 is 37.5 Å². The fourth-order valence-electron chi connectivity index (χ4n) is 3.45. The van der Waals surface area contributed by atoms with E-state index in [1.165, 1.54) is 48.3 Å². The monoisotopic (exact) mass is 360 g/mol. The second-order valence-electron chi connectivity index (χ2n) is 6.06. The zero-order valence-electron chi connectivity index (χ0n) is 13.2. The summed E-state index contributed by atoms with van der Waals surface area (Å²) in [6, 6.07) is 23.9. The Bertz CT molecular complexity index is 1040. The lowest BCUT2D eigenvalue weighted by Gasteiger charge is -2.17. The van der Waals surface area contributed by atoms with Crippen LogP contribution in [0.4, 0.5) is 0 Å². The molecule has 0 aliphatic carbocycles. The summed E-state index contributed by atoms with van der Waals surface area (Å²) in [7, 11) is 0. The second kappa shape index (κ2) is 5.50. The summed E-state index contributed by atoms with van der Waals surface area (Å²) in [6.07, 6.45) is 0. The predicted molar refractivity (Wildman–Crippen MR) is 104 cm³/mol. The van der Waals surface area contributed by atoms with E-state index in [0.29, 0.717) is 0 Å². The highest BCUT2D eigenvalue weighted by molar-refractivity contribution is 9.10. The Hall–Kier alpha value is -2.12. The van der Waals surface area contributed by atoms with Gasteiger partial charge in [0.05, 0.1) is 0 Å². The predicted octanol–water partition coefficient (Wildman–Crippen LogP) is 7.04. The van der Waals surface area contributed by atoms with Gasteiger partial charge in [0.1, 0.15) is 0 Å². The zero-order valence-corrected chi connectivity index (χ0v) is 14.8. The van der Waals surface area contributed by atoms with E-state index in [1.54, 1.807) is 0 Å². The van der Waals surface area contributed by atoms with Crippen molar-refractivity contribution in [3.8, 4) is 11.1 Å². The average Bonchev–Trinajstić information content (AvgIpc) is 2.57. The maximum absolute atomic E-state index is 3.75. The first kappa shape index (κ1) is 14.5. The van der Waals surface area contributed by atoms with Crippen molar-refractivity contribution in [2.75, 3.05) is 0 Å². The third-order valence-corrected chi connectivity index (χ3v) is 5.46. The molecule has 0 unspecified atom stereocenters. The average molecular weight is 361 g/mol. The molecule has 0 saturated carbocycles. The first-order valence-electron chi connectivity index (χ1n) is 7.83. The van der Waals surface area contributed by atoms with Gasteiger partial charge in [-0.1, -0.05) is 76.6 Å². The molecule has 0 nitrogen and oxygen atoms in total. The van der Waals surface area contributed by atoms with Gasteiger partial charge < -0.3 is 0 Å². The number of benzene rings is 4. The van der Waals surface area contributed by atoms with Crippen molar-refractivity contribution in [3.63, 3.8) is 0 Å². The molecule has 0 heterocycles. The van der Waals surface area contributed by atoms with Crippen LogP contribution in [-0.4, -0.2) is 0 Å². The molecule has 4 rings (SSSR count). The van der Waals surface area contributed by atoms with E-state index in [2.05, 4.69) is 96.5 Å². The van der Waals surface area contributed by atoms with Crippen LogP contribution in [0.5, 0.6) is 0 Å². The van der Waals surface area contributed by atoms with Crippen LogP contribution in [0, 0.1) is 13.8 Å². The Kier molecular flexibility index (Phi) is 3.46. The van der Waals surface area contributed by atoms with E-state index in [9.17, 15) is 0 Å². The SMILES string of the molecule is Cc1ccc2ccccc2c1-c1c(C)c(Br)cc2ccccc12. The van der Waals surface area contributed by atoms with Crippen molar-refractivity contribution in [3.05, 3.63) is 82.3 Å². The first-order chi connectivity index (χ1) is 11.2. The Morgan fingerprint density at radius 3 is 2.00 bits per heavy atom. The van der Waals surface area contributed by atoms with Crippen LogP contribution < -0.4 is 0 Å². The molecule has 23 heavy (non-hydrogen) atoms. The molecule has 0 aliphatic heterocycles. The molecule has 0 aliphatic rings. The lowest BCUT2D eigenvalue weighted by atomic mass is 9.88.